The van der Waals surface area contributed by atoms with Crippen LogP contribution in [-0.4, -0.2) is 45.2 Å². The summed E-state index contributed by atoms with van der Waals surface area (Å²) in [7, 11) is -2.07. The highest BCUT2D eigenvalue weighted by atomic mass is 32.2. The van der Waals surface area contributed by atoms with Crippen LogP contribution in [0.25, 0.3) is 0 Å². The molecule has 1 amide bonds. The number of rotatable bonds is 9. The van der Waals surface area contributed by atoms with Gasteiger partial charge in [0.05, 0.1) is 17.2 Å². The van der Waals surface area contributed by atoms with Gasteiger partial charge in [-0.3, -0.25) is 4.79 Å². The first-order valence-corrected chi connectivity index (χ1v) is 10.2. The molecule has 0 aliphatic carbocycles. The Morgan fingerprint density at radius 2 is 1.96 bits per heavy atom. The van der Waals surface area contributed by atoms with Crippen molar-refractivity contribution in [3.63, 3.8) is 0 Å². The summed E-state index contributed by atoms with van der Waals surface area (Å²) in [6.07, 6.45) is 0. The molecule has 0 radical (unpaired) electrons. The Balaban J connectivity index is 2.25. The van der Waals surface area contributed by atoms with E-state index in [0.29, 0.717) is 23.6 Å². The first kappa shape index (κ1) is 19.4. The van der Waals surface area contributed by atoms with Crippen molar-refractivity contribution in [1.29, 1.82) is 0 Å². The molecule has 1 heterocycles. The third-order valence-electron chi connectivity index (χ3n) is 3.49. The molecule has 0 N–H and O–H groups in total. The summed E-state index contributed by atoms with van der Waals surface area (Å²) in [5.74, 6) is -0.00555. The Morgan fingerprint density at radius 3 is 2.60 bits per heavy atom. The van der Waals surface area contributed by atoms with E-state index in [2.05, 4.69) is 0 Å². The Kier molecular flexibility index (Phi) is 6.98. The van der Waals surface area contributed by atoms with Crippen molar-refractivity contribution in [3.05, 3.63) is 52.2 Å². The summed E-state index contributed by atoms with van der Waals surface area (Å²) >= 11 is 1.36. The zero-order valence-corrected chi connectivity index (χ0v) is 15.8. The maximum Gasteiger partial charge on any atom is 0.308 e. The summed E-state index contributed by atoms with van der Waals surface area (Å²) in [6, 6.07) is 10.4. The molecular formula is C17H21NO5S2. The summed E-state index contributed by atoms with van der Waals surface area (Å²) in [4.78, 5) is 14.9. The van der Waals surface area contributed by atoms with Crippen LogP contribution in [-0.2, 0) is 21.4 Å². The molecule has 0 unspecified atom stereocenters. The van der Waals surface area contributed by atoms with Crippen molar-refractivity contribution < 1.29 is 22.1 Å². The van der Waals surface area contributed by atoms with E-state index in [0.717, 1.165) is 0 Å². The minimum absolute atomic E-state index is 0.122. The van der Waals surface area contributed by atoms with E-state index in [1.54, 1.807) is 42.3 Å². The van der Waals surface area contributed by atoms with E-state index in [9.17, 15) is 13.2 Å². The van der Waals surface area contributed by atoms with Gasteiger partial charge >= 0.3 is 10.1 Å². The molecule has 25 heavy (non-hydrogen) atoms. The molecule has 0 aliphatic rings. The van der Waals surface area contributed by atoms with Gasteiger partial charge < -0.3 is 13.8 Å². The molecule has 1 aromatic heterocycles. The minimum atomic E-state index is -3.64. The van der Waals surface area contributed by atoms with Crippen molar-refractivity contribution in [2.75, 3.05) is 26.0 Å². The molecular weight excluding hydrogens is 362 g/mol. The summed E-state index contributed by atoms with van der Waals surface area (Å²) in [5.41, 5.74) is 0.625. The fourth-order valence-electron chi connectivity index (χ4n) is 2.13. The van der Waals surface area contributed by atoms with Crippen molar-refractivity contribution in [2.45, 2.75) is 13.5 Å². The Hall–Kier alpha value is -1.90. The van der Waals surface area contributed by atoms with Crippen molar-refractivity contribution in [3.8, 4) is 5.75 Å². The molecule has 0 aliphatic heterocycles. The van der Waals surface area contributed by atoms with Gasteiger partial charge in [0.2, 0.25) is 0 Å². The maximum absolute atomic E-state index is 12.7. The number of para-hydroxylation sites is 1. The number of hydrogen-bond acceptors (Lipinski definition) is 6. The summed E-state index contributed by atoms with van der Waals surface area (Å²) in [5, 5.41) is 1.84. The lowest BCUT2D eigenvalue weighted by Crippen LogP contribution is -2.33. The third kappa shape index (κ3) is 5.55. The van der Waals surface area contributed by atoms with Gasteiger partial charge in [-0.25, -0.2) is 0 Å². The second-order valence-corrected chi connectivity index (χ2v) is 8.04. The predicted octanol–water partition coefficient (Wildman–Crippen LogP) is 2.77. The largest absolute Gasteiger partial charge is 0.383 e. The molecule has 0 fully saturated rings. The molecule has 8 heteroatoms. The van der Waals surface area contributed by atoms with Crippen molar-refractivity contribution >= 4 is 27.4 Å². The van der Waals surface area contributed by atoms with Gasteiger partial charge in [0, 0.05) is 25.8 Å². The Morgan fingerprint density at radius 1 is 1.20 bits per heavy atom. The van der Waals surface area contributed by atoms with Crippen LogP contribution in [0, 0.1) is 0 Å². The predicted molar refractivity (Wildman–Crippen MR) is 97.5 cm³/mol. The molecule has 2 aromatic rings. The fourth-order valence-corrected chi connectivity index (χ4v) is 3.37. The molecule has 0 spiro atoms. The van der Waals surface area contributed by atoms with Gasteiger partial charge in [-0.15, -0.1) is 11.3 Å². The number of carbonyl (C=O) groups is 1. The van der Waals surface area contributed by atoms with Crippen LogP contribution in [0.15, 0.2) is 41.8 Å². The lowest BCUT2D eigenvalue weighted by molar-refractivity contribution is 0.0684. The fraction of sp³-hybridized carbons (Fsp3) is 0.353. The summed E-state index contributed by atoms with van der Waals surface area (Å²) in [6.45, 7) is 2.52. The Labute approximate surface area is 152 Å². The number of thiophene rings is 1. The molecule has 6 nitrogen and oxygen atoms in total. The van der Waals surface area contributed by atoms with Gasteiger partial charge in [0.15, 0.2) is 0 Å². The monoisotopic (exact) mass is 383 g/mol. The number of benzene rings is 1. The van der Waals surface area contributed by atoms with Crippen molar-refractivity contribution in [1.82, 2.24) is 4.90 Å². The van der Waals surface area contributed by atoms with Gasteiger partial charge in [0.1, 0.15) is 5.75 Å². The highest BCUT2D eigenvalue weighted by Gasteiger charge is 2.20. The van der Waals surface area contributed by atoms with Gasteiger partial charge in [-0.1, -0.05) is 24.3 Å². The lowest BCUT2D eigenvalue weighted by Gasteiger charge is -2.23. The number of hydrogen-bond donors (Lipinski definition) is 0. The lowest BCUT2D eigenvalue weighted by atomic mass is 10.2. The second-order valence-electron chi connectivity index (χ2n) is 5.23. The Bertz CT molecular complexity index is 787. The second kappa shape index (κ2) is 8.98. The van der Waals surface area contributed by atoms with Crippen LogP contribution in [0.3, 0.4) is 0 Å². The molecule has 0 saturated heterocycles. The zero-order valence-electron chi connectivity index (χ0n) is 14.2. The van der Waals surface area contributed by atoms with Gasteiger partial charge in [-0.2, -0.15) is 8.42 Å². The number of nitrogens with zero attached hydrogens (tertiary/aromatic N) is 1. The molecule has 0 saturated carbocycles. The van der Waals surface area contributed by atoms with E-state index >= 15 is 0 Å². The van der Waals surface area contributed by atoms with E-state index in [1.165, 1.54) is 18.3 Å². The highest BCUT2D eigenvalue weighted by Crippen LogP contribution is 2.23. The van der Waals surface area contributed by atoms with Crippen LogP contribution >= 0.6 is 11.3 Å². The average molecular weight is 383 g/mol. The third-order valence-corrected chi connectivity index (χ3v) is 5.49. The van der Waals surface area contributed by atoms with Crippen LogP contribution in [0.4, 0.5) is 0 Å². The van der Waals surface area contributed by atoms with Crippen molar-refractivity contribution in [2.24, 2.45) is 0 Å². The quantitative estimate of drug-likeness (QED) is 0.623. The van der Waals surface area contributed by atoms with E-state index < -0.39 is 10.1 Å². The highest BCUT2D eigenvalue weighted by molar-refractivity contribution is 7.87. The van der Waals surface area contributed by atoms with Gasteiger partial charge in [-0.05, 0) is 24.4 Å². The van der Waals surface area contributed by atoms with Crippen LogP contribution in [0.5, 0.6) is 5.75 Å². The van der Waals surface area contributed by atoms with Crippen LogP contribution in [0.2, 0.25) is 0 Å². The van der Waals surface area contributed by atoms with Gasteiger partial charge in [0.25, 0.3) is 5.91 Å². The maximum atomic E-state index is 12.7. The number of carbonyl (C=O) groups excluding carboxylic acids is 1. The standard InChI is InChI=1S/C17H21NO5S2/c1-3-25(20,21)23-15-8-5-4-7-14(15)13-18(10-11-22-2)17(19)16-9-6-12-24-16/h4-9,12H,3,10-11,13H2,1-2H3. The number of ether oxygens (including phenoxy) is 1. The number of methoxy groups -OCH3 is 1. The molecule has 0 atom stereocenters. The van der Waals surface area contributed by atoms with E-state index in [-0.39, 0.29) is 24.0 Å². The number of amides is 1. The molecule has 0 bridgehead atoms. The van der Waals surface area contributed by atoms with Crippen LogP contribution in [0.1, 0.15) is 22.2 Å². The molecule has 1 aromatic carbocycles. The first-order chi connectivity index (χ1) is 12.0. The molecule has 136 valence electrons. The smallest absolute Gasteiger partial charge is 0.308 e. The SMILES string of the molecule is CCS(=O)(=O)Oc1ccccc1CN(CCOC)C(=O)c1cccs1. The summed E-state index contributed by atoms with van der Waals surface area (Å²) < 4.78 is 33.8. The van der Waals surface area contributed by atoms with Crippen LogP contribution < -0.4 is 4.18 Å². The first-order valence-electron chi connectivity index (χ1n) is 7.78. The minimum Gasteiger partial charge on any atom is -0.383 e. The zero-order chi connectivity index (χ0) is 18.3. The van der Waals surface area contributed by atoms with E-state index in [1.807, 2.05) is 11.4 Å². The average Bonchev–Trinajstić information content (AvgIpc) is 3.13. The normalized spacial score (nSPS) is 11.3. The van der Waals surface area contributed by atoms with E-state index in [4.69, 9.17) is 8.92 Å². The topological polar surface area (TPSA) is 72.9 Å². The molecule has 2 rings (SSSR count).